The highest BCUT2D eigenvalue weighted by molar-refractivity contribution is 6.07. The Hall–Kier alpha value is -2.66. The van der Waals surface area contributed by atoms with E-state index in [1.54, 1.807) is 0 Å². The number of hydrogen-bond donors (Lipinski definition) is 3. The van der Waals surface area contributed by atoms with Crippen LogP contribution in [-0.2, 0) is 0 Å². The highest BCUT2D eigenvalue weighted by atomic mass is 15.5. The number of hydrogen-bond acceptors (Lipinski definition) is 5. The number of nitrogens with two attached hydrogens (primary N) is 1. The van der Waals surface area contributed by atoms with E-state index in [-0.39, 0.29) is 6.04 Å². The van der Waals surface area contributed by atoms with E-state index < -0.39 is 0 Å². The summed E-state index contributed by atoms with van der Waals surface area (Å²) in [4.78, 5) is 4.57. The summed E-state index contributed by atoms with van der Waals surface area (Å²) in [5.74, 6) is 5.87. The molecule has 0 bridgehead atoms. The lowest BCUT2D eigenvalue weighted by molar-refractivity contribution is 0.803. The molecule has 3 rings (SSSR count). The van der Waals surface area contributed by atoms with Crippen molar-refractivity contribution in [1.82, 2.24) is 10.9 Å². The Balaban J connectivity index is 2.03. The van der Waals surface area contributed by atoms with Crippen molar-refractivity contribution >= 4 is 11.7 Å². The second kappa shape index (κ2) is 5.54. The molecule has 0 spiro atoms. The first-order chi connectivity index (χ1) is 9.88. The normalized spacial score (nSPS) is 17.8. The van der Waals surface area contributed by atoms with Crippen LogP contribution in [0.4, 0.5) is 0 Å². The summed E-state index contributed by atoms with van der Waals surface area (Å²) in [7, 11) is 0. The van der Waals surface area contributed by atoms with Crippen molar-refractivity contribution in [2.24, 2.45) is 15.9 Å². The van der Waals surface area contributed by atoms with E-state index in [2.05, 4.69) is 20.9 Å². The monoisotopic (exact) mass is 265 g/mol. The number of benzene rings is 2. The Morgan fingerprint density at radius 3 is 2.25 bits per heavy atom. The van der Waals surface area contributed by atoms with Gasteiger partial charge in [0.1, 0.15) is 6.04 Å². The summed E-state index contributed by atoms with van der Waals surface area (Å²) in [6.07, 6.45) is 0. The molecule has 20 heavy (non-hydrogen) atoms. The number of guanidine groups is 1. The molecule has 2 aromatic carbocycles. The maximum Gasteiger partial charge on any atom is 0.227 e. The van der Waals surface area contributed by atoms with Gasteiger partial charge in [-0.15, -0.1) is 0 Å². The quantitative estimate of drug-likeness (QED) is 0.569. The van der Waals surface area contributed by atoms with E-state index >= 15 is 0 Å². The summed E-state index contributed by atoms with van der Waals surface area (Å²) < 4.78 is 0. The minimum absolute atomic E-state index is 0.175. The van der Waals surface area contributed by atoms with Gasteiger partial charge in [-0.25, -0.2) is 16.3 Å². The summed E-state index contributed by atoms with van der Waals surface area (Å²) in [6.45, 7) is 0. The van der Waals surface area contributed by atoms with E-state index in [4.69, 9.17) is 5.84 Å². The van der Waals surface area contributed by atoms with Crippen molar-refractivity contribution in [1.29, 1.82) is 0 Å². The molecule has 1 heterocycles. The Labute approximate surface area is 117 Å². The second-order valence-electron chi connectivity index (χ2n) is 4.41. The SMILES string of the molecule is NNC1=N[C@H](c2ccccc2)C(c2ccccc2)=NN1. The van der Waals surface area contributed by atoms with Crippen LogP contribution in [-0.4, -0.2) is 11.7 Å². The fraction of sp³-hybridized carbons (Fsp3) is 0.0667. The predicted octanol–water partition coefficient (Wildman–Crippen LogP) is 1.55. The summed E-state index contributed by atoms with van der Waals surface area (Å²) >= 11 is 0. The van der Waals surface area contributed by atoms with Crippen molar-refractivity contribution in [3.63, 3.8) is 0 Å². The van der Waals surface area contributed by atoms with Gasteiger partial charge < -0.3 is 0 Å². The zero-order valence-electron chi connectivity index (χ0n) is 10.8. The van der Waals surface area contributed by atoms with Gasteiger partial charge in [0.25, 0.3) is 0 Å². The van der Waals surface area contributed by atoms with Gasteiger partial charge in [-0.3, -0.25) is 5.43 Å². The predicted molar refractivity (Wildman–Crippen MR) is 80.1 cm³/mol. The molecule has 100 valence electrons. The van der Waals surface area contributed by atoms with Gasteiger partial charge in [-0.2, -0.15) is 5.10 Å². The van der Waals surface area contributed by atoms with Crippen LogP contribution in [0.25, 0.3) is 0 Å². The fourth-order valence-corrected chi connectivity index (χ4v) is 2.16. The zero-order valence-corrected chi connectivity index (χ0v) is 10.8. The van der Waals surface area contributed by atoms with Crippen LogP contribution in [0.1, 0.15) is 17.2 Å². The van der Waals surface area contributed by atoms with E-state index in [1.165, 1.54) is 0 Å². The maximum absolute atomic E-state index is 5.42. The number of nitrogens with one attached hydrogen (secondary N) is 2. The largest absolute Gasteiger partial charge is 0.293 e. The van der Waals surface area contributed by atoms with Gasteiger partial charge in [0.2, 0.25) is 5.96 Å². The zero-order chi connectivity index (χ0) is 13.8. The number of aliphatic imine (C=N–C) groups is 1. The second-order valence-corrected chi connectivity index (χ2v) is 4.41. The average molecular weight is 265 g/mol. The first-order valence-electron chi connectivity index (χ1n) is 6.37. The van der Waals surface area contributed by atoms with Crippen molar-refractivity contribution < 1.29 is 0 Å². The number of hydrazone groups is 1. The number of hydrazine groups is 1. The molecule has 1 aliphatic rings. The van der Waals surface area contributed by atoms with Gasteiger partial charge in [-0.1, -0.05) is 60.7 Å². The van der Waals surface area contributed by atoms with Crippen molar-refractivity contribution in [2.45, 2.75) is 6.04 Å². The Morgan fingerprint density at radius 2 is 1.60 bits per heavy atom. The summed E-state index contributed by atoms with van der Waals surface area (Å²) in [5, 5.41) is 4.40. The van der Waals surface area contributed by atoms with E-state index in [1.807, 2.05) is 60.7 Å². The van der Waals surface area contributed by atoms with Gasteiger partial charge in [0.15, 0.2) is 0 Å². The van der Waals surface area contributed by atoms with Gasteiger partial charge in [-0.05, 0) is 5.56 Å². The van der Waals surface area contributed by atoms with Crippen molar-refractivity contribution in [3.8, 4) is 0 Å². The molecular weight excluding hydrogens is 250 g/mol. The molecule has 0 fully saturated rings. The van der Waals surface area contributed by atoms with E-state index in [0.29, 0.717) is 5.96 Å². The average Bonchev–Trinajstić information content (AvgIpc) is 2.56. The molecule has 0 unspecified atom stereocenters. The van der Waals surface area contributed by atoms with Crippen molar-refractivity contribution in [2.75, 3.05) is 0 Å². The van der Waals surface area contributed by atoms with Gasteiger partial charge in [0.05, 0.1) is 5.71 Å². The van der Waals surface area contributed by atoms with Crippen LogP contribution in [0.15, 0.2) is 70.8 Å². The van der Waals surface area contributed by atoms with Crippen molar-refractivity contribution in [3.05, 3.63) is 71.8 Å². The minimum Gasteiger partial charge on any atom is -0.293 e. The molecule has 1 atom stereocenters. The Kier molecular flexibility index (Phi) is 3.43. The molecule has 0 saturated heterocycles. The highest BCUT2D eigenvalue weighted by Gasteiger charge is 2.23. The number of nitrogens with zero attached hydrogens (tertiary/aromatic N) is 2. The van der Waals surface area contributed by atoms with Crippen LogP contribution in [0.5, 0.6) is 0 Å². The molecule has 5 nitrogen and oxygen atoms in total. The fourth-order valence-electron chi connectivity index (χ4n) is 2.16. The third-order valence-corrected chi connectivity index (χ3v) is 3.12. The standard InChI is InChI=1S/C15H15N5/c16-18-15-17-13(11-7-3-1-4-8-11)14(19-20-15)12-9-5-2-6-10-12/h1-10,13H,16H2,(H2,17,18,20)/t13-/m1/s1. The Morgan fingerprint density at radius 1 is 0.950 bits per heavy atom. The molecular formula is C15H15N5. The third-order valence-electron chi connectivity index (χ3n) is 3.12. The molecule has 0 radical (unpaired) electrons. The minimum atomic E-state index is -0.175. The van der Waals surface area contributed by atoms with Crippen LogP contribution >= 0.6 is 0 Å². The maximum atomic E-state index is 5.42. The molecule has 1 aliphatic heterocycles. The first-order valence-corrected chi connectivity index (χ1v) is 6.37. The van der Waals surface area contributed by atoms with E-state index in [9.17, 15) is 0 Å². The van der Waals surface area contributed by atoms with E-state index in [0.717, 1.165) is 16.8 Å². The number of rotatable bonds is 2. The summed E-state index contributed by atoms with van der Waals surface area (Å²) in [5.41, 5.74) is 8.31. The van der Waals surface area contributed by atoms with Crippen LogP contribution in [0.3, 0.4) is 0 Å². The van der Waals surface area contributed by atoms with Gasteiger partial charge in [0, 0.05) is 5.56 Å². The van der Waals surface area contributed by atoms with Gasteiger partial charge >= 0.3 is 0 Å². The smallest absolute Gasteiger partial charge is 0.227 e. The Bertz CT molecular complexity index is 634. The van der Waals surface area contributed by atoms with Crippen LogP contribution < -0.4 is 16.7 Å². The lowest BCUT2D eigenvalue weighted by atomic mass is 9.97. The molecule has 0 amide bonds. The highest BCUT2D eigenvalue weighted by Crippen LogP contribution is 2.24. The lowest BCUT2D eigenvalue weighted by Crippen LogP contribution is -2.43. The topological polar surface area (TPSA) is 74.8 Å². The van der Waals surface area contributed by atoms with Crippen LogP contribution in [0, 0.1) is 0 Å². The molecule has 2 aromatic rings. The van der Waals surface area contributed by atoms with Crippen LogP contribution in [0.2, 0.25) is 0 Å². The summed E-state index contributed by atoms with van der Waals surface area (Å²) in [6, 6.07) is 19.9. The molecule has 5 heteroatoms. The molecule has 4 N–H and O–H groups in total. The molecule has 0 saturated carbocycles. The molecule has 0 aromatic heterocycles. The molecule has 0 aliphatic carbocycles. The third kappa shape index (κ3) is 2.39. The first kappa shape index (κ1) is 12.4. The lowest BCUT2D eigenvalue weighted by Gasteiger charge is -2.22.